The van der Waals surface area contributed by atoms with Gasteiger partial charge in [-0.25, -0.2) is 0 Å². The average Bonchev–Trinajstić information content (AvgIpc) is 2.62. The lowest BCUT2D eigenvalue weighted by Crippen LogP contribution is -2.19. The maximum absolute atomic E-state index is 6.02. The van der Waals surface area contributed by atoms with Crippen molar-refractivity contribution in [3.05, 3.63) is 10.8 Å². The Morgan fingerprint density at radius 1 is 1.41 bits per heavy atom. The Morgan fingerprint density at radius 3 is 2.76 bits per heavy atom. The van der Waals surface area contributed by atoms with E-state index in [9.17, 15) is 0 Å². The lowest BCUT2D eigenvalue weighted by molar-refractivity contribution is 0.153. The minimum Gasteiger partial charge on any atom is -0.486 e. The smallest absolute Gasteiger partial charge is 0.172 e. The number of hydrogen-bond acceptors (Lipinski definition) is 2. The molecule has 1 aromatic heterocycles. The molecule has 96 valence electrons. The van der Waals surface area contributed by atoms with E-state index in [0.29, 0.717) is 12.0 Å². The van der Waals surface area contributed by atoms with Gasteiger partial charge >= 0.3 is 0 Å². The second kappa shape index (κ2) is 5.89. The maximum Gasteiger partial charge on any atom is 0.172 e. The highest BCUT2D eigenvalue weighted by molar-refractivity contribution is 9.10. The molecule has 1 heterocycles. The van der Waals surface area contributed by atoms with E-state index in [1.807, 2.05) is 10.9 Å². The van der Waals surface area contributed by atoms with Crippen molar-refractivity contribution in [3.8, 4) is 5.75 Å². The highest BCUT2D eigenvalue weighted by atomic mass is 79.9. The SMILES string of the molecule is CC(C)Cn1ncc(OC2CCCCC2)c1Br. The van der Waals surface area contributed by atoms with Crippen LogP contribution in [0, 0.1) is 5.92 Å². The minimum absolute atomic E-state index is 0.386. The van der Waals surface area contributed by atoms with Gasteiger partial charge in [-0.1, -0.05) is 20.3 Å². The van der Waals surface area contributed by atoms with Gasteiger partial charge in [0.1, 0.15) is 4.60 Å². The zero-order valence-corrected chi connectivity index (χ0v) is 12.2. The molecule has 4 heteroatoms. The van der Waals surface area contributed by atoms with Gasteiger partial charge in [-0.15, -0.1) is 0 Å². The monoisotopic (exact) mass is 300 g/mol. The maximum atomic E-state index is 6.02. The van der Waals surface area contributed by atoms with E-state index in [2.05, 4.69) is 34.9 Å². The number of nitrogens with zero attached hydrogens (tertiary/aromatic N) is 2. The lowest BCUT2D eigenvalue weighted by Gasteiger charge is -2.22. The first kappa shape index (κ1) is 12.9. The van der Waals surface area contributed by atoms with E-state index in [4.69, 9.17) is 4.74 Å². The molecule has 1 fully saturated rings. The van der Waals surface area contributed by atoms with E-state index < -0.39 is 0 Å². The molecule has 0 spiro atoms. The number of halogens is 1. The third-order valence-corrected chi connectivity index (χ3v) is 3.93. The van der Waals surface area contributed by atoms with Gasteiger partial charge in [0.05, 0.1) is 12.3 Å². The molecule has 1 saturated carbocycles. The molecule has 0 atom stereocenters. The van der Waals surface area contributed by atoms with Crippen LogP contribution < -0.4 is 4.74 Å². The van der Waals surface area contributed by atoms with E-state index >= 15 is 0 Å². The summed E-state index contributed by atoms with van der Waals surface area (Å²) >= 11 is 3.58. The largest absolute Gasteiger partial charge is 0.486 e. The predicted octanol–water partition coefficient (Wildman–Crippen LogP) is 4.01. The Labute approximate surface area is 112 Å². The molecule has 0 N–H and O–H groups in total. The summed E-state index contributed by atoms with van der Waals surface area (Å²) in [5.41, 5.74) is 0. The molecule has 17 heavy (non-hydrogen) atoms. The Bertz CT molecular complexity index is 356. The van der Waals surface area contributed by atoms with Gasteiger partial charge in [-0.2, -0.15) is 5.10 Å². The number of hydrogen-bond donors (Lipinski definition) is 0. The third-order valence-electron chi connectivity index (χ3n) is 3.13. The fraction of sp³-hybridized carbons (Fsp3) is 0.769. The van der Waals surface area contributed by atoms with Crippen molar-refractivity contribution < 1.29 is 4.74 Å². The lowest BCUT2D eigenvalue weighted by atomic mass is 9.98. The first-order chi connectivity index (χ1) is 8.16. The highest BCUT2D eigenvalue weighted by Gasteiger charge is 2.18. The summed E-state index contributed by atoms with van der Waals surface area (Å²) in [5.74, 6) is 1.49. The van der Waals surface area contributed by atoms with Crippen LogP contribution in [0.15, 0.2) is 10.8 Å². The second-order valence-electron chi connectivity index (χ2n) is 5.25. The normalized spacial score (nSPS) is 17.6. The fourth-order valence-corrected chi connectivity index (χ4v) is 2.70. The predicted molar refractivity (Wildman–Crippen MR) is 72.3 cm³/mol. The molecule has 3 nitrogen and oxygen atoms in total. The molecule has 0 radical (unpaired) electrons. The molecule has 0 unspecified atom stereocenters. The average molecular weight is 301 g/mol. The molecule has 0 aliphatic heterocycles. The molecule has 0 aromatic carbocycles. The molecule has 0 amide bonds. The van der Waals surface area contributed by atoms with Gasteiger partial charge in [-0.3, -0.25) is 4.68 Å². The van der Waals surface area contributed by atoms with Crippen molar-refractivity contribution in [1.29, 1.82) is 0 Å². The van der Waals surface area contributed by atoms with Crippen LogP contribution in [0.25, 0.3) is 0 Å². The molecule has 0 saturated heterocycles. The number of ether oxygens (including phenoxy) is 1. The van der Waals surface area contributed by atoms with Gasteiger partial charge in [-0.05, 0) is 47.5 Å². The zero-order valence-electron chi connectivity index (χ0n) is 10.7. The molecular weight excluding hydrogens is 280 g/mol. The Hall–Kier alpha value is -0.510. The third kappa shape index (κ3) is 3.47. The van der Waals surface area contributed by atoms with Crippen molar-refractivity contribution in [2.45, 2.75) is 58.6 Å². The summed E-state index contributed by atoms with van der Waals surface area (Å²) in [6, 6.07) is 0. The first-order valence-corrected chi connectivity index (χ1v) is 7.34. The van der Waals surface area contributed by atoms with Crippen LogP contribution in [-0.2, 0) is 6.54 Å². The van der Waals surface area contributed by atoms with Crippen molar-refractivity contribution >= 4 is 15.9 Å². The van der Waals surface area contributed by atoms with Gasteiger partial charge in [0.2, 0.25) is 0 Å². The number of aromatic nitrogens is 2. The van der Waals surface area contributed by atoms with Crippen molar-refractivity contribution in [3.63, 3.8) is 0 Å². The zero-order chi connectivity index (χ0) is 12.3. The molecule has 0 bridgehead atoms. The molecule has 2 rings (SSSR count). The van der Waals surface area contributed by atoms with Gasteiger partial charge in [0, 0.05) is 6.54 Å². The fourth-order valence-electron chi connectivity index (χ4n) is 2.27. The quantitative estimate of drug-likeness (QED) is 0.840. The van der Waals surface area contributed by atoms with E-state index in [1.54, 1.807) is 0 Å². The van der Waals surface area contributed by atoms with Gasteiger partial charge < -0.3 is 4.74 Å². The summed E-state index contributed by atoms with van der Waals surface area (Å²) in [6.07, 6.45) is 8.53. The Kier molecular flexibility index (Phi) is 4.48. The van der Waals surface area contributed by atoms with E-state index in [0.717, 1.165) is 16.9 Å². The first-order valence-electron chi connectivity index (χ1n) is 6.54. The second-order valence-corrected chi connectivity index (χ2v) is 6.00. The van der Waals surface area contributed by atoms with Crippen LogP contribution in [-0.4, -0.2) is 15.9 Å². The van der Waals surface area contributed by atoms with Crippen LogP contribution in [0.4, 0.5) is 0 Å². The van der Waals surface area contributed by atoms with Crippen molar-refractivity contribution in [1.82, 2.24) is 9.78 Å². The summed E-state index contributed by atoms with van der Waals surface area (Å²) in [5, 5.41) is 4.37. The molecule has 1 aromatic rings. The standard InChI is InChI=1S/C13H21BrN2O/c1-10(2)9-16-13(14)12(8-15-16)17-11-6-4-3-5-7-11/h8,10-11H,3-7,9H2,1-2H3. The van der Waals surface area contributed by atoms with Gasteiger partial charge in [0.25, 0.3) is 0 Å². The highest BCUT2D eigenvalue weighted by Crippen LogP contribution is 2.29. The van der Waals surface area contributed by atoms with Gasteiger partial charge in [0.15, 0.2) is 5.75 Å². The van der Waals surface area contributed by atoms with Crippen molar-refractivity contribution in [2.75, 3.05) is 0 Å². The van der Waals surface area contributed by atoms with E-state index in [1.165, 1.54) is 32.1 Å². The number of rotatable bonds is 4. The Balaban J connectivity index is 1.98. The summed E-state index contributed by atoms with van der Waals surface area (Å²) < 4.78 is 8.98. The van der Waals surface area contributed by atoms with Crippen LogP contribution in [0.2, 0.25) is 0 Å². The van der Waals surface area contributed by atoms with Crippen LogP contribution in [0.5, 0.6) is 5.75 Å². The Morgan fingerprint density at radius 2 is 2.12 bits per heavy atom. The molecule has 1 aliphatic carbocycles. The molecular formula is C13H21BrN2O. The summed E-state index contributed by atoms with van der Waals surface area (Å²) in [4.78, 5) is 0. The minimum atomic E-state index is 0.386. The molecule has 1 aliphatic rings. The van der Waals surface area contributed by atoms with Crippen LogP contribution in [0.3, 0.4) is 0 Å². The van der Waals surface area contributed by atoms with Crippen LogP contribution >= 0.6 is 15.9 Å². The summed E-state index contributed by atoms with van der Waals surface area (Å²) in [7, 11) is 0. The van der Waals surface area contributed by atoms with E-state index in [-0.39, 0.29) is 0 Å². The van der Waals surface area contributed by atoms with Crippen molar-refractivity contribution in [2.24, 2.45) is 5.92 Å². The van der Waals surface area contributed by atoms with Crippen LogP contribution in [0.1, 0.15) is 46.0 Å². The topological polar surface area (TPSA) is 27.1 Å². The summed E-state index contributed by atoms with van der Waals surface area (Å²) in [6.45, 7) is 5.31.